The van der Waals surface area contributed by atoms with E-state index in [0.717, 1.165) is 6.42 Å². The third kappa shape index (κ3) is 7.79. The van der Waals surface area contributed by atoms with Gasteiger partial charge < -0.3 is 5.11 Å². The van der Waals surface area contributed by atoms with E-state index in [9.17, 15) is 5.11 Å². The minimum atomic E-state index is -0.375. The highest BCUT2D eigenvalue weighted by Gasteiger charge is 2.07. The number of hydrogen-bond acceptors (Lipinski definition) is 1. The molecule has 2 atom stereocenters. The number of aliphatic hydroxyl groups excluding tert-OH is 1. The van der Waals surface area contributed by atoms with Gasteiger partial charge in [0.15, 0.2) is 0 Å². The quantitative estimate of drug-likeness (QED) is 0.662. The molecule has 0 aromatic heterocycles. The number of allylic oxidation sites excluding steroid dienone is 2. The molecule has 76 valence electrons. The first-order valence-corrected chi connectivity index (χ1v) is 4.85. The summed E-state index contributed by atoms with van der Waals surface area (Å²) in [4.78, 5) is 0. The molecule has 0 amide bonds. The summed E-state index contributed by atoms with van der Waals surface area (Å²) in [6.07, 6.45) is 6.32. The average molecular weight is 182 g/mol. The zero-order valence-electron chi connectivity index (χ0n) is 9.25. The highest BCUT2D eigenvalue weighted by molar-refractivity contribution is 4.96. The molecule has 0 aliphatic heterocycles. The zero-order valence-corrected chi connectivity index (χ0v) is 9.25. The molecule has 1 N–H and O–H groups in total. The maximum absolute atomic E-state index is 9.31. The smallest absolute Gasteiger partial charge is 0.0723 e. The van der Waals surface area contributed by atoms with E-state index >= 15 is 0 Å². The molecule has 1 nitrogen and oxygen atoms in total. The van der Waals surface area contributed by atoms with E-state index in [1.165, 1.54) is 0 Å². The molecule has 0 radical (unpaired) electrons. The SMILES string of the molecule is C=CC(O)CC(C)/C=C/C(C)(C)C. The fraction of sp³-hybridized carbons (Fsp3) is 0.667. The van der Waals surface area contributed by atoms with Crippen molar-refractivity contribution in [1.29, 1.82) is 0 Å². The van der Waals surface area contributed by atoms with Crippen molar-refractivity contribution in [2.75, 3.05) is 0 Å². The van der Waals surface area contributed by atoms with Gasteiger partial charge >= 0.3 is 0 Å². The standard InChI is InChI=1S/C12H22O/c1-6-11(13)9-10(2)7-8-12(3,4)5/h6-8,10-11,13H,1,9H2,2-5H3/b8-7+. The Morgan fingerprint density at radius 2 is 1.92 bits per heavy atom. The van der Waals surface area contributed by atoms with Crippen molar-refractivity contribution in [1.82, 2.24) is 0 Å². The second-order valence-corrected chi connectivity index (χ2v) is 4.74. The lowest BCUT2D eigenvalue weighted by atomic mass is 9.93. The van der Waals surface area contributed by atoms with Crippen molar-refractivity contribution in [2.24, 2.45) is 11.3 Å². The largest absolute Gasteiger partial charge is 0.389 e. The predicted molar refractivity (Wildman–Crippen MR) is 58.6 cm³/mol. The minimum absolute atomic E-state index is 0.230. The van der Waals surface area contributed by atoms with Gasteiger partial charge in [-0.25, -0.2) is 0 Å². The van der Waals surface area contributed by atoms with Gasteiger partial charge in [-0.1, -0.05) is 45.9 Å². The van der Waals surface area contributed by atoms with Crippen LogP contribution in [0.15, 0.2) is 24.8 Å². The molecule has 0 bridgehead atoms. The Balaban J connectivity index is 3.93. The van der Waals surface area contributed by atoms with E-state index in [1.807, 2.05) is 0 Å². The summed E-state index contributed by atoms with van der Waals surface area (Å²) < 4.78 is 0. The van der Waals surface area contributed by atoms with Crippen LogP contribution in [0.5, 0.6) is 0 Å². The molecule has 0 spiro atoms. The summed E-state index contributed by atoms with van der Waals surface area (Å²) in [5.41, 5.74) is 0.230. The Hall–Kier alpha value is -0.560. The summed E-state index contributed by atoms with van der Waals surface area (Å²) in [6.45, 7) is 12.2. The van der Waals surface area contributed by atoms with Gasteiger partial charge in [0.1, 0.15) is 0 Å². The van der Waals surface area contributed by atoms with Gasteiger partial charge in [0, 0.05) is 0 Å². The molecule has 13 heavy (non-hydrogen) atoms. The number of rotatable bonds is 4. The summed E-state index contributed by atoms with van der Waals surface area (Å²) in [5, 5.41) is 9.31. The van der Waals surface area contributed by atoms with Crippen LogP contribution in [0.25, 0.3) is 0 Å². The molecular formula is C12H22O. The van der Waals surface area contributed by atoms with Crippen molar-refractivity contribution >= 4 is 0 Å². The van der Waals surface area contributed by atoms with E-state index in [4.69, 9.17) is 0 Å². The lowest BCUT2D eigenvalue weighted by molar-refractivity contribution is 0.200. The Kier molecular flexibility index (Phi) is 5.01. The van der Waals surface area contributed by atoms with Crippen LogP contribution in [-0.4, -0.2) is 11.2 Å². The number of aliphatic hydroxyl groups is 1. The van der Waals surface area contributed by atoms with Gasteiger partial charge in [0.25, 0.3) is 0 Å². The van der Waals surface area contributed by atoms with Crippen LogP contribution in [0.1, 0.15) is 34.1 Å². The molecule has 2 unspecified atom stereocenters. The van der Waals surface area contributed by atoms with Gasteiger partial charge in [-0.3, -0.25) is 0 Å². The average Bonchev–Trinajstić information content (AvgIpc) is 1.99. The highest BCUT2D eigenvalue weighted by Crippen LogP contribution is 2.17. The monoisotopic (exact) mass is 182 g/mol. The second kappa shape index (κ2) is 5.23. The van der Waals surface area contributed by atoms with Crippen molar-refractivity contribution in [3.8, 4) is 0 Å². The molecule has 0 aliphatic rings. The molecule has 0 rings (SSSR count). The van der Waals surface area contributed by atoms with Crippen LogP contribution in [0.2, 0.25) is 0 Å². The second-order valence-electron chi connectivity index (χ2n) is 4.74. The molecule has 0 saturated carbocycles. The summed E-state index contributed by atoms with van der Waals surface area (Å²) in [6, 6.07) is 0. The Morgan fingerprint density at radius 1 is 1.38 bits per heavy atom. The molecule has 0 saturated heterocycles. The van der Waals surface area contributed by atoms with Crippen molar-refractivity contribution < 1.29 is 5.11 Å². The lowest BCUT2D eigenvalue weighted by Crippen LogP contribution is -2.07. The van der Waals surface area contributed by atoms with Gasteiger partial charge in [-0.05, 0) is 17.8 Å². The van der Waals surface area contributed by atoms with E-state index < -0.39 is 0 Å². The molecule has 0 heterocycles. The maximum atomic E-state index is 9.31. The zero-order chi connectivity index (χ0) is 10.5. The molecule has 1 heteroatoms. The first kappa shape index (κ1) is 12.4. The Morgan fingerprint density at radius 3 is 2.31 bits per heavy atom. The van der Waals surface area contributed by atoms with E-state index in [1.54, 1.807) is 6.08 Å². The van der Waals surface area contributed by atoms with Gasteiger partial charge in [-0.15, -0.1) is 6.58 Å². The van der Waals surface area contributed by atoms with Crippen LogP contribution in [-0.2, 0) is 0 Å². The fourth-order valence-electron chi connectivity index (χ4n) is 1.01. The Labute approximate surface area is 82.2 Å². The van der Waals surface area contributed by atoms with Gasteiger partial charge in [-0.2, -0.15) is 0 Å². The van der Waals surface area contributed by atoms with Crippen molar-refractivity contribution in [3.63, 3.8) is 0 Å². The summed E-state index contributed by atoms with van der Waals surface area (Å²) >= 11 is 0. The third-order valence-electron chi connectivity index (χ3n) is 1.81. The van der Waals surface area contributed by atoms with Gasteiger partial charge in [0.2, 0.25) is 0 Å². The van der Waals surface area contributed by atoms with Crippen LogP contribution in [0, 0.1) is 11.3 Å². The van der Waals surface area contributed by atoms with Gasteiger partial charge in [0.05, 0.1) is 6.10 Å². The fourth-order valence-corrected chi connectivity index (χ4v) is 1.01. The minimum Gasteiger partial charge on any atom is -0.389 e. The lowest BCUT2D eigenvalue weighted by Gasteiger charge is -2.14. The van der Waals surface area contributed by atoms with E-state index in [0.29, 0.717) is 5.92 Å². The van der Waals surface area contributed by atoms with E-state index in [-0.39, 0.29) is 11.5 Å². The van der Waals surface area contributed by atoms with Crippen LogP contribution < -0.4 is 0 Å². The van der Waals surface area contributed by atoms with E-state index in [2.05, 4.69) is 46.4 Å². The first-order chi connectivity index (χ1) is 5.85. The van der Waals surface area contributed by atoms with Crippen LogP contribution in [0.4, 0.5) is 0 Å². The first-order valence-electron chi connectivity index (χ1n) is 4.85. The molecule has 0 fully saturated rings. The maximum Gasteiger partial charge on any atom is 0.0723 e. The predicted octanol–water partition coefficient (Wildman–Crippen LogP) is 3.16. The third-order valence-corrected chi connectivity index (χ3v) is 1.81. The summed E-state index contributed by atoms with van der Waals surface area (Å²) in [7, 11) is 0. The van der Waals surface area contributed by atoms with Crippen LogP contribution >= 0.6 is 0 Å². The molecular weight excluding hydrogens is 160 g/mol. The summed E-state index contributed by atoms with van der Waals surface area (Å²) in [5.74, 6) is 0.409. The number of hydrogen-bond donors (Lipinski definition) is 1. The molecule has 0 aromatic rings. The topological polar surface area (TPSA) is 20.2 Å². The highest BCUT2D eigenvalue weighted by atomic mass is 16.3. The Bertz CT molecular complexity index is 174. The van der Waals surface area contributed by atoms with Crippen molar-refractivity contribution in [2.45, 2.75) is 40.2 Å². The van der Waals surface area contributed by atoms with Crippen LogP contribution in [0.3, 0.4) is 0 Å². The molecule has 0 aliphatic carbocycles. The normalized spacial score (nSPS) is 17.3. The van der Waals surface area contributed by atoms with Crippen molar-refractivity contribution in [3.05, 3.63) is 24.8 Å². The molecule has 0 aromatic carbocycles.